The van der Waals surface area contributed by atoms with Gasteiger partial charge < -0.3 is 5.41 Å². The van der Waals surface area contributed by atoms with E-state index in [0.29, 0.717) is 6.42 Å². The van der Waals surface area contributed by atoms with Crippen LogP contribution >= 0.6 is 0 Å². The Bertz CT molecular complexity index is 266. The van der Waals surface area contributed by atoms with Gasteiger partial charge in [-0.1, -0.05) is 6.58 Å². The zero-order valence-electron chi connectivity index (χ0n) is 6.25. The van der Waals surface area contributed by atoms with Crippen LogP contribution in [0.25, 0.3) is 6.08 Å². The summed E-state index contributed by atoms with van der Waals surface area (Å²) in [5, 5.41) is 6.90. The summed E-state index contributed by atoms with van der Waals surface area (Å²) in [6.45, 7) is 3.61. The monoisotopic (exact) mass is 146 g/mol. The largest absolute Gasteiger partial charge is 0.313 e. The van der Waals surface area contributed by atoms with E-state index in [1.54, 1.807) is 12.3 Å². The molecular formula is C9H10N2. The zero-order valence-corrected chi connectivity index (χ0v) is 6.25. The number of hydrogen-bond donors (Lipinski definition) is 1. The summed E-state index contributed by atoms with van der Waals surface area (Å²) >= 11 is 0. The van der Waals surface area contributed by atoms with E-state index in [2.05, 4.69) is 11.6 Å². The Kier molecular flexibility index (Phi) is 2.55. The van der Waals surface area contributed by atoms with Crippen LogP contribution in [0.15, 0.2) is 24.9 Å². The third-order valence-electron chi connectivity index (χ3n) is 1.39. The lowest BCUT2D eigenvalue weighted by Crippen LogP contribution is -1.87. The third-order valence-corrected chi connectivity index (χ3v) is 1.39. The van der Waals surface area contributed by atoms with E-state index in [1.165, 1.54) is 6.21 Å². The van der Waals surface area contributed by atoms with Crippen LogP contribution in [0.3, 0.4) is 0 Å². The van der Waals surface area contributed by atoms with Crippen LogP contribution in [0.4, 0.5) is 0 Å². The molecule has 0 unspecified atom stereocenters. The highest BCUT2D eigenvalue weighted by Crippen LogP contribution is 2.02. The molecule has 2 heteroatoms. The molecule has 1 N–H and O–H groups in total. The van der Waals surface area contributed by atoms with E-state index < -0.39 is 0 Å². The van der Waals surface area contributed by atoms with Crippen molar-refractivity contribution in [1.29, 1.82) is 5.41 Å². The molecular weight excluding hydrogens is 136 g/mol. The molecule has 1 heterocycles. The van der Waals surface area contributed by atoms with Crippen molar-refractivity contribution in [3.05, 3.63) is 36.2 Å². The standard InChI is InChI=1S/C9H10N2/c1-2-9-7-8(3-5-10)4-6-11-9/h2,4-7,10H,1,3H2. The molecule has 0 aromatic carbocycles. The van der Waals surface area contributed by atoms with Crippen molar-refractivity contribution in [3.63, 3.8) is 0 Å². The molecule has 0 aliphatic carbocycles. The fourth-order valence-electron chi connectivity index (χ4n) is 0.851. The molecule has 0 saturated heterocycles. The quantitative estimate of drug-likeness (QED) is 0.650. The second-order valence-electron chi connectivity index (χ2n) is 2.20. The first-order valence-corrected chi connectivity index (χ1v) is 3.43. The molecule has 0 fully saturated rings. The Morgan fingerprint density at radius 2 is 2.45 bits per heavy atom. The fourth-order valence-corrected chi connectivity index (χ4v) is 0.851. The van der Waals surface area contributed by atoms with E-state index in [0.717, 1.165) is 11.3 Å². The second-order valence-corrected chi connectivity index (χ2v) is 2.20. The molecule has 0 atom stereocenters. The topological polar surface area (TPSA) is 36.7 Å². The summed E-state index contributed by atoms with van der Waals surface area (Å²) < 4.78 is 0. The van der Waals surface area contributed by atoms with Gasteiger partial charge in [-0.25, -0.2) is 0 Å². The summed E-state index contributed by atoms with van der Waals surface area (Å²) in [5.41, 5.74) is 1.97. The SMILES string of the molecule is C=Cc1cc(CC=N)ccn1. The molecule has 2 nitrogen and oxygen atoms in total. The van der Waals surface area contributed by atoms with Crippen molar-refractivity contribution in [2.45, 2.75) is 6.42 Å². The van der Waals surface area contributed by atoms with Gasteiger partial charge in [0.1, 0.15) is 0 Å². The first kappa shape index (κ1) is 7.66. The predicted octanol–water partition coefficient (Wildman–Crippen LogP) is 1.92. The van der Waals surface area contributed by atoms with Crippen LogP contribution in [0.1, 0.15) is 11.3 Å². The van der Waals surface area contributed by atoms with Crippen LogP contribution < -0.4 is 0 Å². The summed E-state index contributed by atoms with van der Waals surface area (Å²) in [5.74, 6) is 0. The molecule has 0 bridgehead atoms. The summed E-state index contributed by atoms with van der Waals surface area (Å²) in [7, 11) is 0. The van der Waals surface area contributed by atoms with Gasteiger partial charge in [0.15, 0.2) is 0 Å². The van der Waals surface area contributed by atoms with Crippen molar-refractivity contribution in [3.8, 4) is 0 Å². The number of hydrogen-bond acceptors (Lipinski definition) is 2. The number of pyridine rings is 1. The number of aromatic nitrogens is 1. The van der Waals surface area contributed by atoms with E-state index >= 15 is 0 Å². The van der Waals surface area contributed by atoms with E-state index in [-0.39, 0.29) is 0 Å². The first-order valence-electron chi connectivity index (χ1n) is 3.43. The molecule has 1 aromatic rings. The fraction of sp³-hybridized carbons (Fsp3) is 0.111. The molecule has 56 valence electrons. The van der Waals surface area contributed by atoms with Crippen LogP contribution in [0.2, 0.25) is 0 Å². The van der Waals surface area contributed by atoms with Gasteiger partial charge in [-0.05, 0) is 30.0 Å². The predicted molar refractivity (Wildman–Crippen MR) is 46.8 cm³/mol. The minimum Gasteiger partial charge on any atom is -0.313 e. The molecule has 0 aliphatic heterocycles. The van der Waals surface area contributed by atoms with Gasteiger partial charge in [0.25, 0.3) is 0 Å². The summed E-state index contributed by atoms with van der Waals surface area (Å²) in [4.78, 5) is 4.05. The van der Waals surface area contributed by atoms with Gasteiger partial charge in [-0.3, -0.25) is 4.98 Å². The van der Waals surface area contributed by atoms with Crippen molar-refractivity contribution >= 4 is 12.3 Å². The Morgan fingerprint density at radius 3 is 3.09 bits per heavy atom. The van der Waals surface area contributed by atoms with Gasteiger partial charge in [-0.2, -0.15) is 0 Å². The van der Waals surface area contributed by atoms with E-state index in [1.807, 2.05) is 12.1 Å². The minimum absolute atomic E-state index is 0.670. The summed E-state index contributed by atoms with van der Waals surface area (Å²) in [6.07, 6.45) is 5.48. The Hall–Kier alpha value is -1.44. The molecule has 0 saturated carbocycles. The van der Waals surface area contributed by atoms with Crippen molar-refractivity contribution in [1.82, 2.24) is 4.98 Å². The normalized spacial score (nSPS) is 9.09. The highest BCUT2D eigenvalue weighted by Gasteiger charge is 1.90. The molecule has 1 aromatic heterocycles. The maximum Gasteiger partial charge on any atom is 0.0626 e. The molecule has 0 aliphatic rings. The molecule has 0 spiro atoms. The number of nitrogens with zero attached hydrogens (tertiary/aromatic N) is 1. The van der Waals surface area contributed by atoms with Gasteiger partial charge in [0, 0.05) is 12.6 Å². The molecule has 0 amide bonds. The molecule has 0 radical (unpaired) electrons. The highest BCUT2D eigenvalue weighted by atomic mass is 14.6. The van der Waals surface area contributed by atoms with Crippen LogP contribution in [0.5, 0.6) is 0 Å². The third kappa shape index (κ3) is 2.00. The van der Waals surface area contributed by atoms with Crippen molar-refractivity contribution in [2.24, 2.45) is 0 Å². The van der Waals surface area contributed by atoms with Gasteiger partial charge >= 0.3 is 0 Å². The van der Waals surface area contributed by atoms with E-state index in [9.17, 15) is 0 Å². The maximum absolute atomic E-state index is 6.90. The number of rotatable bonds is 3. The lowest BCUT2D eigenvalue weighted by atomic mass is 10.2. The van der Waals surface area contributed by atoms with Gasteiger partial charge in [0.05, 0.1) is 5.69 Å². The van der Waals surface area contributed by atoms with Crippen molar-refractivity contribution in [2.75, 3.05) is 0 Å². The highest BCUT2D eigenvalue weighted by molar-refractivity contribution is 5.58. The van der Waals surface area contributed by atoms with Gasteiger partial charge in [-0.15, -0.1) is 0 Å². The lowest BCUT2D eigenvalue weighted by Gasteiger charge is -1.95. The lowest BCUT2D eigenvalue weighted by molar-refractivity contribution is 1.23. The second kappa shape index (κ2) is 3.66. The molecule has 1 rings (SSSR count). The minimum atomic E-state index is 0.670. The van der Waals surface area contributed by atoms with E-state index in [4.69, 9.17) is 5.41 Å². The summed E-state index contributed by atoms with van der Waals surface area (Å²) in [6, 6.07) is 3.83. The zero-order chi connectivity index (χ0) is 8.10. The Morgan fingerprint density at radius 1 is 1.64 bits per heavy atom. The van der Waals surface area contributed by atoms with Crippen molar-refractivity contribution < 1.29 is 0 Å². The molecule has 11 heavy (non-hydrogen) atoms. The van der Waals surface area contributed by atoms with Crippen LogP contribution in [-0.4, -0.2) is 11.2 Å². The smallest absolute Gasteiger partial charge is 0.0626 e. The Balaban J connectivity index is 2.90. The Labute approximate surface area is 66.1 Å². The average molecular weight is 146 g/mol. The first-order chi connectivity index (χ1) is 5.36. The average Bonchev–Trinajstić information content (AvgIpc) is 2.06. The van der Waals surface area contributed by atoms with Crippen LogP contribution in [0, 0.1) is 5.41 Å². The van der Waals surface area contributed by atoms with Gasteiger partial charge in [0.2, 0.25) is 0 Å². The number of nitrogens with one attached hydrogen (secondary N) is 1. The van der Waals surface area contributed by atoms with Crippen LogP contribution in [-0.2, 0) is 6.42 Å². The maximum atomic E-state index is 6.90.